The van der Waals surface area contributed by atoms with Gasteiger partial charge in [-0.25, -0.2) is 4.79 Å². The summed E-state index contributed by atoms with van der Waals surface area (Å²) in [6.45, 7) is 0.890. The summed E-state index contributed by atoms with van der Waals surface area (Å²) in [6, 6.07) is 5.28. The first kappa shape index (κ1) is 13.1. The number of methoxy groups -OCH3 is 1. The summed E-state index contributed by atoms with van der Waals surface area (Å²) in [7, 11) is 1.38. The Labute approximate surface area is 111 Å². The molecule has 1 fully saturated rings. The van der Waals surface area contributed by atoms with Gasteiger partial charge in [-0.2, -0.15) is 11.8 Å². The van der Waals surface area contributed by atoms with Gasteiger partial charge in [0.2, 0.25) is 0 Å². The third kappa shape index (κ3) is 3.10. The largest absolute Gasteiger partial charge is 0.465 e. The van der Waals surface area contributed by atoms with Gasteiger partial charge in [0.1, 0.15) is 0 Å². The number of rotatable bonds is 4. The van der Waals surface area contributed by atoms with E-state index in [0.29, 0.717) is 17.2 Å². The fraction of sp³-hybridized carbons (Fsp3) is 0.462. The second kappa shape index (κ2) is 6.00. The Balaban J connectivity index is 2.08. The van der Waals surface area contributed by atoms with E-state index in [-0.39, 0.29) is 5.97 Å². The van der Waals surface area contributed by atoms with E-state index in [0.717, 1.165) is 12.2 Å². The number of esters is 1. The van der Waals surface area contributed by atoms with Crippen molar-refractivity contribution in [1.82, 2.24) is 0 Å². The summed E-state index contributed by atoms with van der Waals surface area (Å²) in [5, 5.41) is 3.33. The third-order valence-corrected chi connectivity index (χ3v) is 4.29. The number of nitrogens with two attached hydrogens (primary N) is 1. The summed E-state index contributed by atoms with van der Waals surface area (Å²) in [6.07, 6.45) is 1.24. The topological polar surface area (TPSA) is 64.3 Å². The molecular formula is C13H18N2O2S. The van der Waals surface area contributed by atoms with Gasteiger partial charge in [-0.1, -0.05) is 0 Å². The lowest BCUT2D eigenvalue weighted by molar-refractivity contribution is 0.0602. The standard InChI is InChI=1S/C13H18N2O2S/c1-17-13(16)11-6-10(14)2-3-12(11)15-7-9-4-5-18-8-9/h2-3,6,9,15H,4-5,7-8,14H2,1H3. The minimum atomic E-state index is -0.356. The van der Waals surface area contributed by atoms with Crippen LogP contribution < -0.4 is 11.1 Å². The van der Waals surface area contributed by atoms with E-state index in [1.807, 2.05) is 17.8 Å². The van der Waals surface area contributed by atoms with Crippen molar-refractivity contribution in [1.29, 1.82) is 0 Å². The van der Waals surface area contributed by atoms with Gasteiger partial charge >= 0.3 is 5.97 Å². The van der Waals surface area contributed by atoms with Crippen LogP contribution in [0.3, 0.4) is 0 Å². The van der Waals surface area contributed by atoms with Gasteiger partial charge in [-0.3, -0.25) is 0 Å². The molecule has 1 unspecified atom stereocenters. The molecule has 0 aliphatic carbocycles. The molecule has 0 aromatic heterocycles. The highest BCUT2D eigenvalue weighted by atomic mass is 32.2. The molecule has 2 rings (SSSR count). The van der Waals surface area contributed by atoms with E-state index >= 15 is 0 Å². The maximum Gasteiger partial charge on any atom is 0.340 e. The van der Waals surface area contributed by atoms with Crippen LogP contribution in [0, 0.1) is 5.92 Å². The predicted octanol–water partition coefficient (Wildman–Crippen LogP) is 2.22. The highest BCUT2D eigenvalue weighted by molar-refractivity contribution is 7.99. The number of hydrogen-bond acceptors (Lipinski definition) is 5. The van der Waals surface area contributed by atoms with E-state index in [2.05, 4.69) is 5.32 Å². The van der Waals surface area contributed by atoms with Crippen LogP contribution in [0.1, 0.15) is 16.8 Å². The lowest BCUT2D eigenvalue weighted by Gasteiger charge is -2.14. The van der Waals surface area contributed by atoms with Crippen molar-refractivity contribution in [2.24, 2.45) is 5.92 Å². The first-order chi connectivity index (χ1) is 8.70. The average molecular weight is 266 g/mol. The minimum absolute atomic E-state index is 0.356. The average Bonchev–Trinajstić information content (AvgIpc) is 2.89. The van der Waals surface area contributed by atoms with Crippen LogP contribution in [0.2, 0.25) is 0 Å². The fourth-order valence-electron chi connectivity index (χ4n) is 1.99. The normalized spacial score (nSPS) is 18.6. The number of anilines is 2. The monoisotopic (exact) mass is 266 g/mol. The maximum absolute atomic E-state index is 11.7. The lowest BCUT2D eigenvalue weighted by Crippen LogP contribution is -2.16. The third-order valence-electron chi connectivity index (χ3n) is 3.05. The Bertz CT molecular complexity index is 431. The summed E-state index contributed by atoms with van der Waals surface area (Å²) < 4.78 is 4.77. The summed E-state index contributed by atoms with van der Waals surface area (Å²) in [5.41, 5.74) is 7.57. The first-order valence-electron chi connectivity index (χ1n) is 6.00. The molecule has 3 N–H and O–H groups in total. The van der Waals surface area contributed by atoms with Crippen molar-refractivity contribution in [3.8, 4) is 0 Å². The first-order valence-corrected chi connectivity index (χ1v) is 7.15. The van der Waals surface area contributed by atoms with E-state index in [9.17, 15) is 4.79 Å². The maximum atomic E-state index is 11.7. The molecule has 1 aliphatic rings. The molecule has 4 nitrogen and oxygen atoms in total. The molecule has 98 valence electrons. The molecule has 0 amide bonds. The molecule has 18 heavy (non-hydrogen) atoms. The quantitative estimate of drug-likeness (QED) is 0.646. The van der Waals surface area contributed by atoms with Crippen LogP contribution >= 0.6 is 11.8 Å². The number of thioether (sulfide) groups is 1. The van der Waals surface area contributed by atoms with E-state index < -0.39 is 0 Å². The number of carbonyl (C=O) groups is 1. The second-order valence-corrected chi connectivity index (χ2v) is 5.56. The molecule has 0 radical (unpaired) electrons. The molecule has 5 heteroatoms. The summed E-state index contributed by atoms with van der Waals surface area (Å²) >= 11 is 1.98. The molecule has 1 saturated heterocycles. The van der Waals surface area contributed by atoms with Gasteiger partial charge in [-0.15, -0.1) is 0 Å². The van der Waals surface area contributed by atoms with Crippen LogP contribution in [0.4, 0.5) is 11.4 Å². The molecular weight excluding hydrogens is 248 g/mol. The van der Waals surface area contributed by atoms with E-state index in [4.69, 9.17) is 10.5 Å². The molecule has 1 aromatic carbocycles. The summed E-state index contributed by atoms with van der Waals surface area (Å²) in [5.74, 6) is 2.75. The SMILES string of the molecule is COC(=O)c1cc(N)ccc1NCC1CCSC1. The van der Waals surface area contributed by atoms with Crippen LogP contribution in [0.5, 0.6) is 0 Å². The predicted molar refractivity (Wildman–Crippen MR) is 76.1 cm³/mol. The smallest absolute Gasteiger partial charge is 0.340 e. The number of ether oxygens (including phenoxy) is 1. The minimum Gasteiger partial charge on any atom is -0.465 e. The zero-order valence-electron chi connectivity index (χ0n) is 10.4. The Morgan fingerprint density at radius 2 is 2.44 bits per heavy atom. The Hall–Kier alpha value is -1.36. The molecule has 1 heterocycles. The molecule has 0 bridgehead atoms. The second-order valence-electron chi connectivity index (χ2n) is 4.41. The number of carbonyl (C=O) groups excluding carboxylic acids is 1. The van der Waals surface area contributed by atoms with Crippen molar-refractivity contribution >= 4 is 29.1 Å². The van der Waals surface area contributed by atoms with Crippen LogP contribution in [0.25, 0.3) is 0 Å². The van der Waals surface area contributed by atoms with Crippen molar-refractivity contribution in [3.63, 3.8) is 0 Å². The highest BCUT2D eigenvalue weighted by Gasteiger charge is 2.17. The van der Waals surface area contributed by atoms with Crippen molar-refractivity contribution in [2.75, 3.05) is 36.2 Å². The van der Waals surface area contributed by atoms with Crippen molar-refractivity contribution < 1.29 is 9.53 Å². The zero-order valence-corrected chi connectivity index (χ0v) is 11.3. The molecule has 1 atom stereocenters. The van der Waals surface area contributed by atoms with Crippen LogP contribution in [-0.2, 0) is 4.74 Å². The van der Waals surface area contributed by atoms with Gasteiger partial charge in [0.05, 0.1) is 12.7 Å². The molecule has 1 aliphatic heterocycles. The Morgan fingerprint density at radius 1 is 1.61 bits per heavy atom. The number of benzene rings is 1. The molecule has 0 saturated carbocycles. The van der Waals surface area contributed by atoms with Crippen molar-refractivity contribution in [3.05, 3.63) is 23.8 Å². The molecule has 0 spiro atoms. The van der Waals surface area contributed by atoms with Gasteiger partial charge in [-0.05, 0) is 42.0 Å². The highest BCUT2D eigenvalue weighted by Crippen LogP contribution is 2.25. The lowest BCUT2D eigenvalue weighted by atomic mass is 10.1. The van der Waals surface area contributed by atoms with Gasteiger partial charge in [0.25, 0.3) is 0 Å². The van der Waals surface area contributed by atoms with Crippen LogP contribution in [0.15, 0.2) is 18.2 Å². The Kier molecular flexibility index (Phi) is 4.36. The van der Waals surface area contributed by atoms with Gasteiger partial charge < -0.3 is 15.8 Å². The summed E-state index contributed by atoms with van der Waals surface area (Å²) in [4.78, 5) is 11.7. The molecule has 1 aromatic rings. The number of hydrogen-bond donors (Lipinski definition) is 2. The van der Waals surface area contributed by atoms with E-state index in [1.165, 1.54) is 25.0 Å². The number of nitrogens with one attached hydrogen (secondary N) is 1. The van der Waals surface area contributed by atoms with Crippen LogP contribution in [-0.4, -0.2) is 31.1 Å². The Morgan fingerprint density at radius 3 is 3.11 bits per heavy atom. The van der Waals surface area contributed by atoms with Crippen molar-refractivity contribution in [2.45, 2.75) is 6.42 Å². The number of nitrogen functional groups attached to an aromatic ring is 1. The zero-order chi connectivity index (χ0) is 13.0. The van der Waals surface area contributed by atoms with Gasteiger partial charge in [0.15, 0.2) is 0 Å². The van der Waals surface area contributed by atoms with E-state index in [1.54, 1.807) is 12.1 Å². The van der Waals surface area contributed by atoms with Gasteiger partial charge in [0, 0.05) is 17.9 Å². The fourth-order valence-corrected chi connectivity index (χ4v) is 3.28.